The molecule has 1 aliphatic rings. The predicted molar refractivity (Wildman–Crippen MR) is 68.7 cm³/mol. The number of rotatable bonds is 4. The molecule has 0 aromatic heterocycles. The van der Waals surface area contributed by atoms with Crippen molar-refractivity contribution in [2.45, 2.75) is 26.2 Å². The van der Waals surface area contributed by atoms with Gasteiger partial charge in [0.1, 0.15) is 0 Å². The molecule has 3 nitrogen and oxygen atoms in total. The Kier molecular flexibility index (Phi) is 3.36. The Labute approximate surface area is 102 Å². The first-order chi connectivity index (χ1) is 8.08. The fourth-order valence-corrected chi connectivity index (χ4v) is 2.29. The standard InChI is InChI=1S/C14H19NO2/c1-10-8-12(6-7-13(10)14(16)17)15(2)9-11-4-3-5-11/h6-8,11H,3-5,9H2,1-2H3,(H,16,17). The van der Waals surface area contributed by atoms with Gasteiger partial charge in [-0.15, -0.1) is 0 Å². The Hall–Kier alpha value is -1.51. The van der Waals surface area contributed by atoms with Crippen molar-refractivity contribution in [3.8, 4) is 0 Å². The summed E-state index contributed by atoms with van der Waals surface area (Å²) in [5, 5.41) is 8.97. The summed E-state index contributed by atoms with van der Waals surface area (Å²) in [6, 6.07) is 5.56. The van der Waals surface area contributed by atoms with Gasteiger partial charge in [0, 0.05) is 19.3 Å². The van der Waals surface area contributed by atoms with Gasteiger partial charge in [-0.05, 0) is 49.4 Å². The van der Waals surface area contributed by atoms with E-state index in [9.17, 15) is 4.79 Å². The van der Waals surface area contributed by atoms with Gasteiger partial charge in [-0.2, -0.15) is 0 Å². The van der Waals surface area contributed by atoms with E-state index in [1.54, 1.807) is 6.07 Å². The molecule has 1 saturated carbocycles. The van der Waals surface area contributed by atoms with Gasteiger partial charge in [0.25, 0.3) is 0 Å². The number of benzene rings is 1. The molecule has 0 heterocycles. The Bertz CT molecular complexity index is 424. The largest absolute Gasteiger partial charge is 0.478 e. The zero-order valence-electron chi connectivity index (χ0n) is 10.4. The van der Waals surface area contributed by atoms with Gasteiger partial charge < -0.3 is 10.0 Å². The SMILES string of the molecule is Cc1cc(N(C)CC2CCC2)ccc1C(=O)O. The van der Waals surface area contributed by atoms with Gasteiger partial charge in [-0.3, -0.25) is 0 Å². The molecule has 1 aliphatic carbocycles. The predicted octanol–water partition coefficient (Wildman–Crippen LogP) is 2.93. The van der Waals surface area contributed by atoms with Crippen LogP contribution in [-0.2, 0) is 0 Å². The summed E-state index contributed by atoms with van der Waals surface area (Å²) >= 11 is 0. The first-order valence-electron chi connectivity index (χ1n) is 6.13. The van der Waals surface area contributed by atoms with E-state index in [4.69, 9.17) is 5.11 Å². The number of carboxylic acids is 1. The highest BCUT2D eigenvalue weighted by Crippen LogP contribution is 2.28. The molecule has 0 amide bonds. The van der Waals surface area contributed by atoms with Crippen molar-refractivity contribution in [1.82, 2.24) is 0 Å². The molecule has 1 aromatic carbocycles. The lowest BCUT2D eigenvalue weighted by molar-refractivity contribution is 0.0696. The number of anilines is 1. The lowest BCUT2D eigenvalue weighted by Gasteiger charge is -2.31. The minimum Gasteiger partial charge on any atom is -0.478 e. The summed E-state index contributed by atoms with van der Waals surface area (Å²) in [6.07, 6.45) is 4.02. The van der Waals surface area contributed by atoms with Crippen LogP contribution in [0.5, 0.6) is 0 Å². The molecule has 92 valence electrons. The van der Waals surface area contributed by atoms with Gasteiger partial charge in [-0.25, -0.2) is 4.79 Å². The number of aromatic carboxylic acids is 1. The maximum absolute atomic E-state index is 10.9. The third-order valence-corrected chi connectivity index (χ3v) is 3.64. The minimum absolute atomic E-state index is 0.394. The zero-order valence-corrected chi connectivity index (χ0v) is 10.4. The average Bonchev–Trinajstić information content (AvgIpc) is 2.22. The van der Waals surface area contributed by atoms with Crippen LogP contribution in [-0.4, -0.2) is 24.7 Å². The van der Waals surface area contributed by atoms with Crippen LogP contribution in [0.25, 0.3) is 0 Å². The van der Waals surface area contributed by atoms with Crippen LogP contribution in [0.2, 0.25) is 0 Å². The van der Waals surface area contributed by atoms with Crippen molar-refractivity contribution in [3.05, 3.63) is 29.3 Å². The summed E-state index contributed by atoms with van der Waals surface area (Å²) in [7, 11) is 2.08. The summed E-state index contributed by atoms with van der Waals surface area (Å²) in [6.45, 7) is 2.93. The highest BCUT2D eigenvalue weighted by molar-refractivity contribution is 5.89. The molecule has 0 spiro atoms. The Balaban J connectivity index is 2.10. The second kappa shape index (κ2) is 4.78. The van der Waals surface area contributed by atoms with E-state index in [-0.39, 0.29) is 0 Å². The molecule has 1 N–H and O–H groups in total. The summed E-state index contributed by atoms with van der Waals surface area (Å²) < 4.78 is 0. The average molecular weight is 233 g/mol. The lowest BCUT2D eigenvalue weighted by atomic mass is 9.85. The van der Waals surface area contributed by atoms with Crippen molar-refractivity contribution >= 4 is 11.7 Å². The fourth-order valence-electron chi connectivity index (χ4n) is 2.29. The van der Waals surface area contributed by atoms with Crippen LogP contribution < -0.4 is 4.90 Å². The molecule has 0 unspecified atom stereocenters. The lowest BCUT2D eigenvalue weighted by Crippen LogP contribution is -2.29. The number of aryl methyl sites for hydroxylation is 1. The molecular formula is C14H19NO2. The van der Waals surface area contributed by atoms with Crippen molar-refractivity contribution in [2.24, 2.45) is 5.92 Å². The van der Waals surface area contributed by atoms with Crippen molar-refractivity contribution in [3.63, 3.8) is 0 Å². The van der Waals surface area contributed by atoms with E-state index in [0.717, 1.165) is 23.7 Å². The molecule has 0 radical (unpaired) electrons. The van der Waals surface area contributed by atoms with E-state index in [2.05, 4.69) is 11.9 Å². The fraction of sp³-hybridized carbons (Fsp3) is 0.500. The number of hydrogen-bond donors (Lipinski definition) is 1. The first-order valence-corrected chi connectivity index (χ1v) is 6.13. The highest BCUT2D eigenvalue weighted by Gasteiger charge is 2.19. The zero-order chi connectivity index (χ0) is 12.4. The number of hydrogen-bond acceptors (Lipinski definition) is 2. The molecule has 0 atom stereocenters. The molecule has 1 aromatic rings. The van der Waals surface area contributed by atoms with Crippen LogP contribution >= 0.6 is 0 Å². The molecule has 17 heavy (non-hydrogen) atoms. The van der Waals surface area contributed by atoms with Crippen molar-refractivity contribution in [1.29, 1.82) is 0 Å². The van der Waals surface area contributed by atoms with Crippen molar-refractivity contribution < 1.29 is 9.90 Å². The molecule has 0 aliphatic heterocycles. The molecule has 2 rings (SSSR count). The summed E-state index contributed by atoms with van der Waals surface area (Å²) in [5.41, 5.74) is 2.33. The van der Waals surface area contributed by atoms with Gasteiger partial charge in [0.2, 0.25) is 0 Å². The monoisotopic (exact) mass is 233 g/mol. The Morgan fingerprint density at radius 3 is 2.65 bits per heavy atom. The van der Waals surface area contributed by atoms with Gasteiger partial charge in [-0.1, -0.05) is 6.42 Å². The van der Waals surface area contributed by atoms with Crippen LogP contribution in [0.3, 0.4) is 0 Å². The molecule has 1 fully saturated rings. The highest BCUT2D eigenvalue weighted by atomic mass is 16.4. The normalized spacial score (nSPS) is 15.4. The maximum Gasteiger partial charge on any atom is 0.335 e. The molecule has 3 heteroatoms. The molecule has 0 bridgehead atoms. The van der Waals surface area contributed by atoms with Gasteiger partial charge in [0.15, 0.2) is 0 Å². The number of carbonyl (C=O) groups is 1. The van der Waals surface area contributed by atoms with E-state index < -0.39 is 5.97 Å². The number of nitrogens with zero attached hydrogens (tertiary/aromatic N) is 1. The van der Waals surface area contributed by atoms with E-state index in [0.29, 0.717) is 5.56 Å². The summed E-state index contributed by atoms with van der Waals surface area (Å²) in [5.74, 6) is -0.0323. The van der Waals surface area contributed by atoms with Crippen molar-refractivity contribution in [2.75, 3.05) is 18.5 Å². The van der Waals surface area contributed by atoms with Gasteiger partial charge >= 0.3 is 5.97 Å². The smallest absolute Gasteiger partial charge is 0.335 e. The van der Waals surface area contributed by atoms with E-state index in [1.165, 1.54) is 19.3 Å². The van der Waals surface area contributed by atoms with Crippen LogP contribution in [0.4, 0.5) is 5.69 Å². The Morgan fingerprint density at radius 1 is 1.47 bits per heavy atom. The van der Waals surface area contributed by atoms with Crippen LogP contribution in [0.15, 0.2) is 18.2 Å². The topological polar surface area (TPSA) is 40.5 Å². The quantitative estimate of drug-likeness (QED) is 0.869. The maximum atomic E-state index is 10.9. The first kappa shape index (κ1) is 12.0. The summed E-state index contributed by atoms with van der Waals surface area (Å²) in [4.78, 5) is 13.1. The minimum atomic E-state index is -0.851. The van der Waals surface area contributed by atoms with Crippen LogP contribution in [0, 0.1) is 12.8 Å². The Morgan fingerprint density at radius 2 is 2.18 bits per heavy atom. The molecular weight excluding hydrogens is 214 g/mol. The van der Waals surface area contributed by atoms with Crippen LogP contribution in [0.1, 0.15) is 35.2 Å². The van der Waals surface area contributed by atoms with E-state index in [1.807, 2.05) is 19.1 Å². The second-order valence-electron chi connectivity index (χ2n) is 4.98. The number of carboxylic acid groups (broad SMARTS) is 1. The third kappa shape index (κ3) is 2.60. The third-order valence-electron chi connectivity index (χ3n) is 3.64. The van der Waals surface area contributed by atoms with E-state index >= 15 is 0 Å². The molecule has 0 saturated heterocycles. The second-order valence-corrected chi connectivity index (χ2v) is 4.98. The van der Waals surface area contributed by atoms with Gasteiger partial charge in [0.05, 0.1) is 5.56 Å².